The quantitative estimate of drug-likeness (QED) is 0.930. The number of nitrogens with two attached hydrogens (primary N) is 1. The lowest BCUT2D eigenvalue weighted by atomic mass is 9.94. The highest BCUT2D eigenvalue weighted by Gasteiger charge is 2.25. The van der Waals surface area contributed by atoms with Crippen molar-refractivity contribution in [3.63, 3.8) is 0 Å². The highest BCUT2D eigenvalue weighted by molar-refractivity contribution is 6.31. The molecule has 0 spiro atoms. The Morgan fingerprint density at radius 2 is 2.25 bits per heavy atom. The standard InChI is InChI=1S/C15H21ClN2O.ClH/c1-11-13(5-2-6-14(11)16)15(19)18-9-3-4-12(10-18)7-8-17;/h2,5-6,12H,3-4,7-10,17H2,1H3;1H. The summed E-state index contributed by atoms with van der Waals surface area (Å²) in [5, 5.41) is 0.654. The first-order chi connectivity index (χ1) is 9.13. The Hall–Kier alpha value is -0.770. The molecule has 0 aliphatic carbocycles. The fourth-order valence-electron chi connectivity index (χ4n) is 2.73. The van der Waals surface area contributed by atoms with Gasteiger partial charge in [0.2, 0.25) is 0 Å². The van der Waals surface area contributed by atoms with Gasteiger partial charge >= 0.3 is 0 Å². The van der Waals surface area contributed by atoms with Crippen molar-refractivity contribution in [1.82, 2.24) is 4.90 Å². The van der Waals surface area contributed by atoms with Crippen molar-refractivity contribution in [2.24, 2.45) is 11.7 Å². The van der Waals surface area contributed by atoms with Crippen molar-refractivity contribution in [3.8, 4) is 0 Å². The fraction of sp³-hybridized carbons (Fsp3) is 0.533. The Morgan fingerprint density at radius 1 is 1.50 bits per heavy atom. The van der Waals surface area contributed by atoms with Crippen molar-refractivity contribution in [2.45, 2.75) is 26.2 Å². The largest absolute Gasteiger partial charge is 0.338 e. The molecular weight excluding hydrogens is 295 g/mol. The zero-order chi connectivity index (χ0) is 13.8. The predicted molar refractivity (Wildman–Crippen MR) is 85.7 cm³/mol. The normalized spacial score (nSPS) is 18.6. The van der Waals surface area contributed by atoms with E-state index in [2.05, 4.69) is 0 Å². The third-order valence-electron chi connectivity index (χ3n) is 3.88. The number of carbonyl (C=O) groups is 1. The van der Waals surface area contributed by atoms with Crippen LogP contribution in [0.1, 0.15) is 35.2 Å². The molecule has 1 amide bonds. The molecule has 0 aromatic heterocycles. The molecule has 1 aromatic rings. The molecule has 1 aliphatic heterocycles. The van der Waals surface area contributed by atoms with Crippen molar-refractivity contribution >= 4 is 29.9 Å². The zero-order valence-electron chi connectivity index (χ0n) is 11.8. The van der Waals surface area contributed by atoms with Gasteiger partial charge in [-0.2, -0.15) is 0 Å². The van der Waals surface area contributed by atoms with Crippen molar-refractivity contribution < 1.29 is 4.79 Å². The summed E-state index contributed by atoms with van der Waals surface area (Å²) in [6, 6.07) is 5.51. The topological polar surface area (TPSA) is 46.3 Å². The zero-order valence-corrected chi connectivity index (χ0v) is 13.3. The van der Waals surface area contributed by atoms with E-state index in [-0.39, 0.29) is 18.3 Å². The molecule has 1 aliphatic rings. The number of hydrogen-bond acceptors (Lipinski definition) is 2. The summed E-state index contributed by atoms with van der Waals surface area (Å²) >= 11 is 6.09. The molecule has 1 saturated heterocycles. The van der Waals surface area contributed by atoms with Crippen LogP contribution in [0.25, 0.3) is 0 Å². The van der Waals surface area contributed by atoms with Crippen LogP contribution in [0.2, 0.25) is 5.02 Å². The van der Waals surface area contributed by atoms with Crippen LogP contribution in [0, 0.1) is 12.8 Å². The molecule has 0 radical (unpaired) electrons. The number of carbonyl (C=O) groups excluding carboxylic acids is 1. The van der Waals surface area contributed by atoms with E-state index in [1.807, 2.05) is 30.0 Å². The summed E-state index contributed by atoms with van der Waals surface area (Å²) in [4.78, 5) is 14.5. The average Bonchev–Trinajstić information content (AvgIpc) is 2.42. The van der Waals surface area contributed by atoms with E-state index in [0.29, 0.717) is 17.5 Å². The lowest BCUT2D eigenvalue weighted by molar-refractivity contribution is 0.0669. The van der Waals surface area contributed by atoms with E-state index in [1.54, 1.807) is 0 Å². The minimum Gasteiger partial charge on any atom is -0.338 e. The number of benzene rings is 1. The van der Waals surface area contributed by atoms with Crippen LogP contribution >= 0.6 is 24.0 Å². The molecule has 2 N–H and O–H groups in total. The van der Waals surface area contributed by atoms with Crippen LogP contribution in [-0.4, -0.2) is 30.4 Å². The molecule has 1 unspecified atom stereocenters. The predicted octanol–water partition coefficient (Wildman–Crippen LogP) is 3.27. The maximum absolute atomic E-state index is 12.6. The van der Waals surface area contributed by atoms with Gasteiger partial charge in [-0.25, -0.2) is 0 Å². The molecule has 2 rings (SSSR count). The van der Waals surface area contributed by atoms with Crippen LogP contribution in [0.4, 0.5) is 0 Å². The second-order valence-electron chi connectivity index (χ2n) is 5.25. The molecule has 0 saturated carbocycles. The summed E-state index contributed by atoms with van der Waals surface area (Å²) in [6.45, 7) is 4.26. The Balaban J connectivity index is 0.00000200. The maximum Gasteiger partial charge on any atom is 0.254 e. The lowest BCUT2D eigenvalue weighted by Crippen LogP contribution is -2.40. The lowest BCUT2D eigenvalue weighted by Gasteiger charge is -2.33. The monoisotopic (exact) mass is 316 g/mol. The maximum atomic E-state index is 12.6. The highest BCUT2D eigenvalue weighted by atomic mass is 35.5. The molecular formula is C15H22Cl2N2O. The van der Waals surface area contributed by atoms with Crippen LogP contribution in [-0.2, 0) is 0 Å². The molecule has 1 aromatic carbocycles. The number of nitrogens with zero attached hydrogens (tertiary/aromatic N) is 1. The van der Waals surface area contributed by atoms with Crippen molar-refractivity contribution in [2.75, 3.05) is 19.6 Å². The van der Waals surface area contributed by atoms with Gasteiger partial charge in [-0.1, -0.05) is 17.7 Å². The van der Waals surface area contributed by atoms with Crippen LogP contribution < -0.4 is 5.73 Å². The number of piperidine rings is 1. The Kier molecular flexibility index (Phi) is 6.80. The van der Waals surface area contributed by atoms with E-state index in [1.165, 1.54) is 6.42 Å². The van der Waals surface area contributed by atoms with Gasteiger partial charge in [-0.05, 0) is 56.3 Å². The molecule has 5 heteroatoms. The summed E-state index contributed by atoms with van der Waals surface area (Å²) in [7, 11) is 0. The van der Waals surface area contributed by atoms with Gasteiger partial charge in [0.1, 0.15) is 0 Å². The molecule has 1 atom stereocenters. The van der Waals surface area contributed by atoms with E-state index in [9.17, 15) is 4.79 Å². The Labute approximate surface area is 131 Å². The first-order valence-electron chi connectivity index (χ1n) is 6.88. The molecule has 1 fully saturated rings. The molecule has 0 bridgehead atoms. The van der Waals surface area contributed by atoms with Gasteiger partial charge in [0, 0.05) is 23.7 Å². The smallest absolute Gasteiger partial charge is 0.254 e. The minimum atomic E-state index is 0. The Bertz CT molecular complexity index is 463. The first-order valence-corrected chi connectivity index (χ1v) is 7.25. The van der Waals surface area contributed by atoms with Gasteiger partial charge in [-0.3, -0.25) is 4.79 Å². The van der Waals surface area contributed by atoms with Crippen LogP contribution in [0.15, 0.2) is 18.2 Å². The summed E-state index contributed by atoms with van der Waals surface area (Å²) in [6.07, 6.45) is 3.24. The summed E-state index contributed by atoms with van der Waals surface area (Å²) < 4.78 is 0. The first kappa shape index (κ1) is 17.3. The van der Waals surface area contributed by atoms with E-state index in [0.717, 1.165) is 37.1 Å². The minimum absolute atomic E-state index is 0. The molecule has 112 valence electrons. The van der Waals surface area contributed by atoms with Crippen molar-refractivity contribution in [3.05, 3.63) is 34.3 Å². The van der Waals surface area contributed by atoms with E-state index >= 15 is 0 Å². The highest BCUT2D eigenvalue weighted by Crippen LogP contribution is 2.24. The van der Waals surface area contributed by atoms with Gasteiger partial charge in [0.15, 0.2) is 0 Å². The molecule has 1 heterocycles. The van der Waals surface area contributed by atoms with Gasteiger partial charge in [0.25, 0.3) is 5.91 Å². The third kappa shape index (κ3) is 3.87. The Morgan fingerprint density at radius 3 is 2.95 bits per heavy atom. The third-order valence-corrected chi connectivity index (χ3v) is 4.29. The summed E-state index contributed by atoms with van der Waals surface area (Å²) in [5.41, 5.74) is 7.21. The molecule has 3 nitrogen and oxygen atoms in total. The van der Waals surface area contributed by atoms with Gasteiger partial charge in [0.05, 0.1) is 0 Å². The van der Waals surface area contributed by atoms with Crippen LogP contribution in [0.5, 0.6) is 0 Å². The second kappa shape index (κ2) is 7.87. The van der Waals surface area contributed by atoms with E-state index in [4.69, 9.17) is 17.3 Å². The number of halogens is 2. The SMILES string of the molecule is Cc1c(Cl)cccc1C(=O)N1CCCC(CCN)C1.Cl. The summed E-state index contributed by atoms with van der Waals surface area (Å²) in [5.74, 6) is 0.643. The number of amides is 1. The number of rotatable bonds is 3. The van der Waals surface area contributed by atoms with Gasteiger partial charge < -0.3 is 10.6 Å². The van der Waals surface area contributed by atoms with Crippen molar-refractivity contribution in [1.29, 1.82) is 0 Å². The fourth-order valence-corrected chi connectivity index (χ4v) is 2.90. The van der Waals surface area contributed by atoms with Gasteiger partial charge in [-0.15, -0.1) is 12.4 Å². The average molecular weight is 317 g/mol. The number of hydrogen-bond donors (Lipinski definition) is 1. The number of likely N-dealkylation sites (tertiary alicyclic amines) is 1. The molecule has 20 heavy (non-hydrogen) atoms. The van der Waals surface area contributed by atoms with E-state index < -0.39 is 0 Å². The van der Waals surface area contributed by atoms with Crippen LogP contribution in [0.3, 0.4) is 0 Å². The second-order valence-corrected chi connectivity index (χ2v) is 5.66.